The van der Waals surface area contributed by atoms with Gasteiger partial charge in [-0.3, -0.25) is 4.90 Å². The monoisotopic (exact) mass is 403 g/mol. The molecule has 0 bridgehead atoms. The Morgan fingerprint density at radius 1 is 1.12 bits per heavy atom. The van der Waals surface area contributed by atoms with Crippen molar-refractivity contribution < 1.29 is 4.42 Å². The molecule has 0 spiro atoms. The summed E-state index contributed by atoms with van der Waals surface area (Å²) in [7, 11) is 0. The Morgan fingerprint density at radius 2 is 2.00 bits per heavy atom. The Morgan fingerprint density at radius 3 is 2.77 bits per heavy atom. The second-order valence-electron chi connectivity index (χ2n) is 6.02. The first kappa shape index (κ1) is 17.7. The van der Waals surface area contributed by atoms with E-state index in [1.165, 1.54) is 9.58 Å². The third kappa shape index (κ3) is 3.69. The van der Waals surface area contributed by atoms with Gasteiger partial charge in [0.15, 0.2) is 0 Å². The molecule has 3 aromatic heterocycles. The molecule has 4 nitrogen and oxygen atoms in total. The number of thiophene rings is 2. The number of fused-ring (bicyclic) bond motifs is 1. The Hall–Kier alpha value is -1.73. The summed E-state index contributed by atoms with van der Waals surface area (Å²) in [4.78, 5) is 4.49. The Labute approximate surface area is 165 Å². The molecule has 7 heteroatoms. The van der Waals surface area contributed by atoms with E-state index in [2.05, 4.69) is 34.2 Å². The zero-order valence-corrected chi connectivity index (χ0v) is 16.7. The number of hydrogen-bond donors (Lipinski definition) is 0. The van der Waals surface area contributed by atoms with Crippen LogP contribution in [-0.2, 0) is 13.1 Å². The smallest absolute Gasteiger partial charge is 0.257 e. The molecule has 134 valence electrons. The minimum Gasteiger partial charge on any atom is -0.419 e. The highest BCUT2D eigenvalue weighted by atomic mass is 35.5. The lowest BCUT2D eigenvalue weighted by Gasteiger charge is -2.19. The van der Waals surface area contributed by atoms with Gasteiger partial charge >= 0.3 is 0 Å². The van der Waals surface area contributed by atoms with Crippen LogP contribution in [-0.4, -0.2) is 21.6 Å². The molecule has 0 aliphatic heterocycles. The molecular formula is C19H18ClN3OS2. The van der Waals surface area contributed by atoms with Gasteiger partial charge in [0.25, 0.3) is 5.89 Å². The van der Waals surface area contributed by atoms with Gasteiger partial charge in [-0.05, 0) is 30.5 Å². The van der Waals surface area contributed by atoms with Crippen LogP contribution in [0.3, 0.4) is 0 Å². The van der Waals surface area contributed by atoms with Gasteiger partial charge in [-0.1, -0.05) is 42.8 Å². The molecule has 1 aromatic carbocycles. The minimum absolute atomic E-state index is 0.589. The van der Waals surface area contributed by atoms with Crippen LogP contribution >= 0.6 is 34.3 Å². The summed E-state index contributed by atoms with van der Waals surface area (Å²) in [6, 6.07) is 12.2. The molecule has 0 fully saturated rings. The highest BCUT2D eigenvalue weighted by molar-refractivity contribution is 7.19. The van der Waals surface area contributed by atoms with E-state index in [1.54, 1.807) is 22.7 Å². The minimum atomic E-state index is 0.589. The van der Waals surface area contributed by atoms with E-state index in [0.29, 0.717) is 18.3 Å². The SMILES string of the molecule is CCCN(Cc1nnc(-c2cccs2)o1)Cc1sc2ccccc2c1Cl. The van der Waals surface area contributed by atoms with Gasteiger partial charge in [0.2, 0.25) is 5.89 Å². The zero-order valence-electron chi connectivity index (χ0n) is 14.3. The summed E-state index contributed by atoms with van der Waals surface area (Å²) in [6.45, 7) is 4.52. The average molecular weight is 404 g/mol. The van der Waals surface area contributed by atoms with Gasteiger partial charge in [0.05, 0.1) is 16.4 Å². The van der Waals surface area contributed by atoms with E-state index in [1.807, 2.05) is 29.6 Å². The third-order valence-corrected chi connectivity index (χ3v) is 6.62. The summed E-state index contributed by atoms with van der Waals surface area (Å²) in [6.07, 6.45) is 1.05. The van der Waals surface area contributed by atoms with Crippen molar-refractivity contribution in [3.8, 4) is 10.8 Å². The maximum atomic E-state index is 6.61. The molecular weight excluding hydrogens is 386 g/mol. The third-order valence-electron chi connectivity index (χ3n) is 4.07. The Bertz CT molecular complexity index is 993. The molecule has 4 aromatic rings. The quantitative estimate of drug-likeness (QED) is 0.375. The van der Waals surface area contributed by atoms with Crippen LogP contribution in [0, 0.1) is 0 Å². The van der Waals surface area contributed by atoms with Crippen LogP contribution in [0.25, 0.3) is 20.9 Å². The molecule has 4 rings (SSSR count). The van der Waals surface area contributed by atoms with Crippen LogP contribution in [0.15, 0.2) is 46.2 Å². The molecule has 0 saturated carbocycles. The fourth-order valence-corrected chi connectivity index (χ4v) is 5.09. The Balaban J connectivity index is 1.53. The van der Waals surface area contributed by atoms with Crippen LogP contribution in [0.2, 0.25) is 5.02 Å². The molecule has 26 heavy (non-hydrogen) atoms. The number of hydrogen-bond acceptors (Lipinski definition) is 6. The number of rotatable bonds is 7. The molecule has 0 N–H and O–H groups in total. The molecule has 0 amide bonds. The summed E-state index contributed by atoms with van der Waals surface area (Å²) in [5.74, 6) is 1.23. The largest absolute Gasteiger partial charge is 0.419 e. The topological polar surface area (TPSA) is 42.2 Å². The van der Waals surface area contributed by atoms with E-state index in [0.717, 1.165) is 34.8 Å². The summed E-state index contributed by atoms with van der Waals surface area (Å²) < 4.78 is 7.07. The van der Waals surface area contributed by atoms with Crippen molar-refractivity contribution in [3.63, 3.8) is 0 Å². The lowest BCUT2D eigenvalue weighted by atomic mass is 10.2. The molecule has 0 radical (unpaired) electrons. The second kappa shape index (κ2) is 7.88. The normalized spacial score (nSPS) is 11.7. The first-order chi connectivity index (χ1) is 12.7. The number of halogens is 1. The lowest BCUT2D eigenvalue weighted by molar-refractivity contribution is 0.234. The fourth-order valence-electron chi connectivity index (χ4n) is 2.91. The van der Waals surface area contributed by atoms with Crippen LogP contribution in [0.5, 0.6) is 0 Å². The van der Waals surface area contributed by atoms with Gasteiger partial charge in [-0.15, -0.1) is 32.9 Å². The Kier molecular flexibility index (Phi) is 5.36. The van der Waals surface area contributed by atoms with E-state index in [-0.39, 0.29) is 0 Å². The van der Waals surface area contributed by atoms with Crippen molar-refractivity contribution in [1.82, 2.24) is 15.1 Å². The van der Waals surface area contributed by atoms with E-state index >= 15 is 0 Å². The number of benzene rings is 1. The molecule has 0 saturated heterocycles. The van der Waals surface area contributed by atoms with Crippen molar-refractivity contribution in [2.45, 2.75) is 26.4 Å². The van der Waals surface area contributed by atoms with Crippen molar-refractivity contribution >= 4 is 44.4 Å². The zero-order chi connectivity index (χ0) is 17.9. The van der Waals surface area contributed by atoms with Gasteiger partial charge < -0.3 is 4.42 Å². The predicted octanol–water partition coefficient (Wildman–Crippen LogP) is 6.08. The highest BCUT2D eigenvalue weighted by Gasteiger charge is 2.17. The van der Waals surface area contributed by atoms with Crippen molar-refractivity contribution in [2.24, 2.45) is 0 Å². The van der Waals surface area contributed by atoms with Crippen molar-refractivity contribution in [1.29, 1.82) is 0 Å². The standard InChI is InChI=1S/C19H18ClN3OS2/c1-2-9-23(11-16-18(20)13-6-3-4-7-14(13)26-16)12-17-21-22-19(24-17)15-8-5-10-25-15/h3-8,10H,2,9,11-12H2,1H3. The maximum absolute atomic E-state index is 6.61. The summed E-state index contributed by atoms with van der Waals surface area (Å²) in [5, 5.41) is 12.4. The van der Waals surface area contributed by atoms with E-state index < -0.39 is 0 Å². The summed E-state index contributed by atoms with van der Waals surface area (Å²) >= 11 is 9.96. The molecule has 0 aliphatic rings. The molecule has 0 atom stereocenters. The number of aromatic nitrogens is 2. The van der Waals surface area contributed by atoms with Gasteiger partial charge in [0, 0.05) is 21.5 Å². The maximum Gasteiger partial charge on any atom is 0.257 e. The van der Waals surface area contributed by atoms with Crippen LogP contribution in [0.4, 0.5) is 0 Å². The first-order valence-corrected chi connectivity index (χ1v) is 10.6. The van der Waals surface area contributed by atoms with Gasteiger partial charge in [-0.25, -0.2) is 0 Å². The molecule has 0 aliphatic carbocycles. The van der Waals surface area contributed by atoms with E-state index in [4.69, 9.17) is 16.0 Å². The van der Waals surface area contributed by atoms with E-state index in [9.17, 15) is 0 Å². The van der Waals surface area contributed by atoms with Gasteiger partial charge in [0.1, 0.15) is 0 Å². The second-order valence-corrected chi connectivity index (χ2v) is 8.49. The average Bonchev–Trinajstić information content (AvgIpc) is 3.37. The van der Waals surface area contributed by atoms with Crippen molar-refractivity contribution in [2.75, 3.05) is 6.54 Å². The lowest BCUT2D eigenvalue weighted by Crippen LogP contribution is -2.23. The highest BCUT2D eigenvalue weighted by Crippen LogP contribution is 2.36. The fraction of sp³-hybridized carbons (Fsp3) is 0.263. The van der Waals surface area contributed by atoms with Crippen LogP contribution < -0.4 is 0 Å². The summed E-state index contributed by atoms with van der Waals surface area (Å²) in [5.41, 5.74) is 0. The van der Waals surface area contributed by atoms with Gasteiger partial charge in [-0.2, -0.15) is 0 Å². The first-order valence-electron chi connectivity index (χ1n) is 8.49. The van der Waals surface area contributed by atoms with Crippen LogP contribution in [0.1, 0.15) is 24.1 Å². The molecule has 0 unspecified atom stereocenters. The number of nitrogens with zero attached hydrogens (tertiary/aromatic N) is 3. The molecule has 3 heterocycles. The van der Waals surface area contributed by atoms with Crippen molar-refractivity contribution in [3.05, 3.63) is 57.6 Å². The predicted molar refractivity (Wildman–Crippen MR) is 109 cm³/mol.